The molecular formula is C28H24ClN3O4S. The Morgan fingerprint density at radius 3 is 2.57 bits per heavy atom. The van der Waals surface area contributed by atoms with Gasteiger partial charge in [0, 0.05) is 11.2 Å². The molecule has 1 N–H and O–H groups in total. The van der Waals surface area contributed by atoms with Gasteiger partial charge >= 0.3 is 5.91 Å². The van der Waals surface area contributed by atoms with Crippen LogP contribution in [0.5, 0.6) is 5.75 Å². The number of pyridine rings is 1. The second kappa shape index (κ2) is 9.28. The number of aliphatic hydroxyl groups is 1. The Morgan fingerprint density at radius 2 is 1.89 bits per heavy atom. The molecule has 9 heteroatoms. The number of amides is 1. The molecule has 1 saturated heterocycles. The standard InChI is InChI=1S/C28H24ClN3O4S/c1-28(2,3)15-8-10-18-21(13-15)37-27(31-18)32-23(19-7-5-6-12-30-19)22(25(34)26(32)35)24(33)17-14-16(29)9-11-20(17)36-4/h5-14,23,33H,1-4H3/b24-22+. The Kier molecular flexibility index (Phi) is 6.25. The van der Waals surface area contributed by atoms with Gasteiger partial charge in [-0.15, -0.1) is 0 Å². The fourth-order valence-electron chi connectivity index (χ4n) is 4.34. The van der Waals surface area contributed by atoms with Crippen molar-refractivity contribution >= 4 is 55.7 Å². The lowest BCUT2D eigenvalue weighted by Crippen LogP contribution is -2.29. The molecule has 0 radical (unpaired) electrons. The number of aliphatic hydroxyl groups excluding tert-OH is 1. The van der Waals surface area contributed by atoms with E-state index in [4.69, 9.17) is 16.3 Å². The normalized spacial score (nSPS) is 17.5. The summed E-state index contributed by atoms with van der Waals surface area (Å²) in [5.74, 6) is -1.73. The van der Waals surface area contributed by atoms with Crippen LogP contribution < -0.4 is 9.64 Å². The predicted octanol–water partition coefficient (Wildman–Crippen LogP) is 6.28. The zero-order valence-electron chi connectivity index (χ0n) is 20.7. The van der Waals surface area contributed by atoms with Crippen molar-refractivity contribution in [2.75, 3.05) is 12.0 Å². The number of ether oxygens (including phenoxy) is 1. The largest absolute Gasteiger partial charge is 0.507 e. The Morgan fingerprint density at radius 1 is 1.11 bits per heavy atom. The van der Waals surface area contributed by atoms with Crippen molar-refractivity contribution in [3.05, 3.63) is 88.2 Å². The summed E-state index contributed by atoms with van der Waals surface area (Å²) < 4.78 is 6.27. The van der Waals surface area contributed by atoms with Crippen molar-refractivity contribution < 1.29 is 19.4 Å². The van der Waals surface area contributed by atoms with Crippen molar-refractivity contribution in [1.29, 1.82) is 0 Å². The number of hydrogen-bond acceptors (Lipinski definition) is 7. The molecule has 1 aliphatic heterocycles. The van der Waals surface area contributed by atoms with Gasteiger partial charge in [0.2, 0.25) is 0 Å². The van der Waals surface area contributed by atoms with Crippen molar-refractivity contribution in [3.8, 4) is 5.75 Å². The van der Waals surface area contributed by atoms with Gasteiger partial charge in [-0.2, -0.15) is 0 Å². The maximum absolute atomic E-state index is 13.5. The van der Waals surface area contributed by atoms with Gasteiger partial charge in [0.25, 0.3) is 5.78 Å². The summed E-state index contributed by atoms with van der Waals surface area (Å²) in [6.07, 6.45) is 1.57. The molecule has 3 heterocycles. The maximum atomic E-state index is 13.5. The third-order valence-corrected chi connectivity index (χ3v) is 7.53. The highest BCUT2D eigenvalue weighted by Gasteiger charge is 2.49. The number of anilines is 1. The lowest BCUT2D eigenvalue weighted by atomic mass is 9.87. The summed E-state index contributed by atoms with van der Waals surface area (Å²) in [6.45, 7) is 6.37. The van der Waals surface area contributed by atoms with Crippen LogP contribution in [0.25, 0.3) is 16.0 Å². The fraction of sp³-hybridized carbons (Fsp3) is 0.214. The molecule has 2 aromatic heterocycles. The first-order chi connectivity index (χ1) is 17.6. The highest BCUT2D eigenvalue weighted by molar-refractivity contribution is 7.22. The summed E-state index contributed by atoms with van der Waals surface area (Å²) in [6, 6.07) is 14.9. The molecule has 37 heavy (non-hydrogen) atoms. The molecule has 1 unspecified atom stereocenters. The number of nitrogens with zero attached hydrogens (tertiary/aromatic N) is 3. The van der Waals surface area contributed by atoms with Gasteiger partial charge in [0.1, 0.15) is 17.6 Å². The van der Waals surface area contributed by atoms with E-state index in [0.29, 0.717) is 27.1 Å². The lowest BCUT2D eigenvalue weighted by molar-refractivity contribution is -0.132. The minimum atomic E-state index is -0.993. The van der Waals surface area contributed by atoms with Crippen LogP contribution in [0.4, 0.5) is 5.13 Å². The molecule has 188 valence electrons. The summed E-state index contributed by atoms with van der Waals surface area (Å²) >= 11 is 7.50. The molecule has 0 saturated carbocycles. The smallest absolute Gasteiger partial charge is 0.301 e. The van der Waals surface area contributed by atoms with Gasteiger partial charge in [-0.05, 0) is 53.4 Å². The Bertz CT molecular complexity index is 1570. The number of carbonyl (C=O) groups is 2. The Labute approximate surface area is 223 Å². The SMILES string of the molecule is COc1ccc(Cl)cc1/C(O)=C1\C(=O)C(=O)N(c2nc3ccc(C(C)(C)C)cc3s2)C1c1ccccn1. The highest BCUT2D eigenvalue weighted by Crippen LogP contribution is 2.45. The number of ketones is 1. The quantitative estimate of drug-likeness (QED) is 0.188. The fourth-order valence-corrected chi connectivity index (χ4v) is 5.54. The number of hydrogen-bond donors (Lipinski definition) is 1. The molecule has 1 amide bonds. The molecule has 1 aliphatic rings. The van der Waals surface area contributed by atoms with Crippen LogP contribution in [-0.2, 0) is 15.0 Å². The zero-order valence-corrected chi connectivity index (χ0v) is 22.2. The molecular weight excluding hydrogens is 510 g/mol. The molecule has 0 aliphatic carbocycles. The third-order valence-electron chi connectivity index (χ3n) is 6.28. The number of thiazole rings is 1. The van der Waals surface area contributed by atoms with Crippen LogP contribution >= 0.6 is 22.9 Å². The van der Waals surface area contributed by atoms with Gasteiger partial charge in [0.15, 0.2) is 5.13 Å². The molecule has 0 spiro atoms. The molecule has 5 rings (SSSR count). The molecule has 0 bridgehead atoms. The van der Waals surface area contributed by atoms with Crippen LogP contribution in [-0.4, -0.2) is 33.9 Å². The average Bonchev–Trinajstić information content (AvgIpc) is 3.41. The summed E-state index contributed by atoms with van der Waals surface area (Å²) in [5, 5.41) is 12.1. The first-order valence-corrected chi connectivity index (χ1v) is 12.8. The van der Waals surface area contributed by atoms with E-state index in [9.17, 15) is 14.7 Å². The van der Waals surface area contributed by atoms with E-state index < -0.39 is 23.5 Å². The maximum Gasteiger partial charge on any atom is 0.301 e. The van der Waals surface area contributed by atoms with Crippen LogP contribution in [0.15, 0.2) is 66.4 Å². The second-order valence-corrected chi connectivity index (χ2v) is 11.1. The van der Waals surface area contributed by atoms with Crippen molar-refractivity contribution in [2.24, 2.45) is 0 Å². The number of methoxy groups -OCH3 is 1. The average molecular weight is 534 g/mol. The number of carbonyl (C=O) groups excluding carboxylic acids is 2. The first kappa shape index (κ1) is 24.9. The monoisotopic (exact) mass is 533 g/mol. The van der Waals surface area contributed by atoms with E-state index in [1.807, 2.05) is 12.1 Å². The number of rotatable bonds is 4. The van der Waals surface area contributed by atoms with Crippen molar-refractivity contribution in [3.63, 3.8) is 0 Å². The molecule has 1 atom stereocenters. The summed E-state index contributed by atoms with van der Waals surface area (Å²) in [7, 11) is 1.45. The number of fused-ring (bicyclic) bond motifs is 1. The zero-order chi connectivity index (χ0) is 26.5. The Balaban J connectivity index is 1.72. The Hall–Kier alpha value is -3.75. The molecule has 1 fully saturated rings. The number of halogens is 1. The van der Waals surface area contributed by atoms with Gasteiger partial charge in [0.05, 0.1) is 34.2 Å². The minimum Gasteiger partial charge on any atom is -0.507 e. The third kappa shape index (κ3) is 4.36. The number of Topliss-reactive ketones (excluding diaryl/α,β-unsaturated/α-hetero) is 1. The van der Waals surface area contributed by atoms with Gasteiger partial charge in [-0.1, -0.05) is 55.8 Å². The first-order valence-electron chi connectivity index (χ1n) is 11.6. The lowest BCUT2D eigenvalue weighted by Gasteiger charge is -2.22. The van der Waals surface area contributed by atoms with E-state index in [1.165, 1.54) is 29.4 Å². The number of aromatic nitrogens is 2. The van der Waals surface area contributed by atoms with E-state index in [1.54, 1.807) is 36.5 Å². The summed E-state index contributed by atoms with van der Waals surface area (Å²) in [5.41, 5.74) is 2.29. The van der Waals surface area contributed by atoms with Crippen molar-refractivity contribution in [2.45, 2.75) is 32.2 Å². The van der Waals surface area contributed by atoms with Gasteiger partial charge < -0.3 is 9.84 Å². The van der Waals surface area contributed by atoms with Crippen LogP contribution in [0.3, 0.4) is 0 Å². The van der Waals surface area contributed by atoms with E-state index >= 15 is 0 Å². The van der Waals surface area contributed by atoms with Gasteiger partial charge in [-0.3, -0.25) is 19.5 Å². The topological polar surface area (TPSA) is 92.6 Å². The highest BCUT2D eigenvalue weighted by atomic mass is 35.5. The van der Waals surface area contributed by atoms with E-state index in [0.717, 1.165) is 10.3 Å². The van der Waals surface area contributed by atoms with Gasteiger partial charge in [-0.25, -0.2) is 4.98 Å². The van der Waals surface area contributed by atoms with Crippen LogP contribution in [0.2, 0.25) is 5.02 Å². The minimum absolute atomic E-state index is 0.0635. The second-order valence-electron chi connectivity index (χ2n) is 9.70. The van der Waals surface area contributed by atoms with Crippen LogP contribution in [0, 0.1) is 0 Å². The van der Waals surface area contributed by atoms with E-state index in [2.05, 4.69) is 36.8 Å². The predicted molar refractivity (Wildman–Crippen MR) is 145 cm³/mol. The summed E-state index contributed by atoms with van der Waals surface area (Å²) in [4.78, 5) is 37.3. The van der Waals surface area contributed by atoms with Crippen LogP contribution in [0.1, 0.15) is 43.6 Å². The van der Waals surface area contributed by atoms with E-state index in [-0.39, 0.29) is 16.6 Å². The molecule has 4 aromatic rings. The van der Waals surface area contributed by atoms with Crippen molar-refractivity contribution in [1.82, 2.24) is 9.97 Å². The number of benzene rings is 2. The molecule has 7 nitrogen and oxygen atoms in total. The molecule has 2 aromatic carbocycles.